The first-order valence-electron chi connectivity index (χ1n) is 6.93. The summed E-state index contributed by atoms with van der Waals surface area (Å²) in [5.74, 6) is -0.0539. The number of amides is 1. The maximum atomic E-state index is 12.1. The Morgan fingerprint density at radius 3 is 3.10 bits per heavy atom. The average molecular weight is 273 g/mol. The fourth-order valence-electron chi connectivity index (χ4n) is 2.70. The smallest absolute Gasteiger partial charge is 0.237 e. The maximum Gasteiger partial charge on any atom is 0.237 e. The fourth-order valence-corrected chi connectivity index (χ4v) is 2.70. The lowest BCUT2D eigenvalue weighted by atomic mass is 9.98. The minimum atomic E-state index is -0.522. The minimum absolute atomic E-state index is 0.0539. The summed E-state index contributed by atoms with van der Waals surface area (Å²) in [5, 5.41) is 16.4. The van der Waals surface area contributed by atoms with E-state index < -0.39 is 6.10 Å². The number of aliphatic hydroxyl groups is 1. The summed E-state index contributed by atoms with van der Waals surface area (Å²) in [6.45, 7) is 2.61. The Bertz CT molecular complexity index is 633. The van der Waals surface area contributed by atoms with Crippen LogP contribution in [0.2, 0.25) is 0 Å². The molecule has 1 aromatic carbocycles. The Morgan fingerprint density at radius 2 is 2.30 bits per heavy atom. The van der Waals surface area contributed by atoms with E-state index in [1.54, 1.807) is 6.92 Å². The van der Waals surface area contributed by atoms with Crippen molar-refractivity contribution in [3.8, 4) is 0 Å². The molecular weight excluding hydrogens is 254 g/mol. The molecule has 1 unspecified atom stereocenters. The Kier molecular flexibility index (Phi) is 3.46. The molecule has 2 aromatic rings. The Balaban J connectivity index is 1.79. The predicted octanol–water partition coefficient (Wildman–Crippen LogP) is 0.679. The fraction of sp³-hybridized carbons (Fsp3) is 0.400. The highest BCUT2D eigenvalue weighted by molar-refractivity contribution is 5.88. The molecule has 0 radical (unpaired) electrons. The first kappa shape index (κ1) is 13.1. The molecule has 5 heteroatoms. The summed E-state index contributed by atoms with van der Waals surface area (Å²) in [4.78, 5) is 15.5. The molecular formula is C15H19N3O2. The highest BCUT2D eigenvalue weighted by atomic mass is 16.3. The SMILES string of the molecule is CC(O)CNC(=O)[C@H]1Cc2c([nH]c3ccccc23)CN1. The number of hydrogen-bond acceptors (Lipinski definition) is 3. The van der Waals surface area contributed by atoms with E-state index in [-0.39, 0.29) is 18.5 Å². The van der Waals surface area contributed by atoms with E-state index >= 15 is 0 Å². The van der Waals surface area contributed by atoms with Gasteiger partial charge in [0.15, 0.2) is 0 Å². The van der Waals surface area contributed by atoms with Crippen molar-refractivity contribution in [1.29, 1.82) is 0 Å². The first-order chi connectivity index (χ1) is 9.65. The van der Waals surface area contributed by atoms with Gasteiger partial charge in [0.05, 0.1) is 12.1 Å². The van der Waals surface area contributed by atoms with E-state index in [4.69, 9.17) is 0 Å². The highest BCUT2D eigenvalue weighted by Gasteiger charge is 2.26. The number of benzene rings is 1. The van der Waals surface area contributed by atoms with Gasteiger partial charge >= 0.3 is 0 Å². The summed E-state index contributed by atoms with van der Waals surface area (Å²) >= 11 is 0. The summed E-state index contributed by atoms with van der Waals surface area (Å²) < 4.78 is 0. The molecule has 4 N–H and O–H groups in total. The third-order valence-electron chi connectivity index (χ3n) is 3.72. The second-order valence-corrected chi connectivity index (χ2v) is 5.36. The largest absolute Gasteiger partial charge is 0.392 e. The van der Waals surface area contributed by atoms with Crippen LogP contribution in [0, 0.1) is 0 Å². The van der Waals surface area contributed by atoms with Crippen molar-refractivity contribution in [2.45, 2.75) is 32.0 Å². The van der Waals surface area contributed by atoms with E-state index in [2.05, 4.69) is 27.8 Å². The quantitative estimate of drug-likeness (QED) is 0.664. The lowest BCUT2D eigenvalue weighted by Gasteiger charge is -2.23. The summed E-state index contributed by atoms with van der Waals surface area (Å²) in [7, 11) is 0. The van der Waals surface area contributed by atoms with Gasteiger partial charge in [0, 0.05) is 29.7 Å². The van der Waals surface area contributed by atoms with Gasteiger partial charge in [0.2, 0.25) is 5.91 Å². The van der Waals surface area contributed by atoms with Crippen molar-refractivity contribution in [2.24, 2.45) is 0 Å². The van der Waals surface area contributed by atoms with Crippen LogP contribution in [0.5, 0.6) is 0 Å². The Labute approximate surface area is 117 Å². The molecule has 1 aliphatic rings. The van der Waals surface area contributed by atoms with E-state index in [1.165, 1.54) is 10.9 Å². The van der Waals surface area contributed by atoms with Crippen molar-refractivity contribution in [1.82, 2.24) is 15.6 Å². The molecule has 1 aromatic heterocycles. The van der Waals surface area contributed by atoms with E-state index in [0.717, 1.165) is 11.2 Å². The molecule has 106 valence electrons. The average Bonchev–Trinajstić information content (AvgIpc) is 2.82. The van der Waals surface area contributed by atoms with Crippen molar-refractivity contribution in [2.75, 3.05) is 6.54 Å². The Morgan fingerprint density at radius 1 is 1.50 bits per heavy atom. The van der Waals surface area contributed by atoms with Crippen LogP contribution >= 0.6 is 0 Å². The van der Waals surface area contributed by atoms with Gasteiger partial charge in [-0.3, -0.25) is 10.1 Å². The van der Waals surface area contributed by atoms with E-state index in [0.29, 0.717) is 13.0 Å². The number of aromatic nitrogens is 1. The van der Waals surface area contributed by atoms with Crippen molar-refractivity contribution < 1.29 is 9.90 Å². The highest BCUT2D eigenvalue weighted by Crippen LogP contribution is 2.26. The van der Waals surface area contributed by atoms with Crippen LogP contribution in [0.4, 0.5) is 0 Å². The van der Waals surface area contributed by atoms with Gasteiger partial charge in [-0.05, 0) is 25.0 Å². The molecule has 2 heterocycles. The van der Waals surface area contributed by atoms with Crippen LogP contribution in [0.25, 0.3) is 10.9 Å². The van der Waals surface area contributed by atoms with Gasteiger partial charge in [-0.1, -0.05) is 18.2 Å². The molecule has 0 aliphatic carbocycles. The van der Waals surface area contributed by atoms with Gasteiger partial charge in [0.25, 0.3) is 0 Å². The van der Waals surface area contributed by atoms with Crippen LogP contribution in [0.15, 0.2) is 24.3 Å². The zero-order valence-corrected chi connectivity index (χ0v) is 11.4. The second-order valence-electron chi connectivity index (χ2n) is 5.36. The number of carbonyl (C=O) groups excluding carboxylic acids is 1. The van der Waals surface area contributed by atoms with Crippen molar-refractivity contribution in [3.63, 3.8) is 0 Å². The molecule has 1 aliphatic heterocycles. The summed E-state index contributed by atoms with van der Waals surface area (Å²) in [6.07, 6.45) is 0.150. The molecule has 0 spiro atoms. The predicted molar refractivity (Wildman–Crippen MR) is 77.3 cm³/mol. The normalized spacial score (nSPS) is 19.6. The molecule has 5 nitrogen and oxygen atoms in total. The van der Waals surface area contributed by atoms with Crippen LogP contribution in [0.1, 0.15) is 18.2 Å². The molecule has 0 saturated heterocycles. The van der Waals surface area contributed by atoms with E-state index in [1.807, 2.05) is 12.1 Å². The third-order valence-corrected chi connectivity index (χ3v) is 3.72. The summed E-state index contributed by atoms with van der Waals surface area (Å²) in [5.41, 5.74) is 3.49. The lowest BCUT2D eigenvalue weighted by Crippen LogP contribution is -2.48. The number of H-pyrrole nitrogens is 1. The number of hydrogen-bond donors (Lipinski definition) is 4. The molecule has 0 saturated carbocycles. The minimum Gasteiger partial charge on any atom is -0.392 e. The molecule has 2 atom stereocenters. The Hall–Kier alpha value is -1.85. The molecule has 1 amide bonds. The number of para-hydroxylation sites is 1. The van der Waals surface area contributed by atoms with Crippen molar-refractivity contribution in [3.05, 3.63) is 35.5 Å². The van der Waals surface area contributed by atoms with E-state index in [9.17, 15) is 9.90 Å². The van der Waals surface area contributed by atoms with Crippen LogP contribution < -0.4 is 10.6 Å². The number of fused-ring (bicyclic) bond motifs is 3. The molecule has 0 fully saturated rings. The van der Waals surface area contributed by atoms with Crippen LogP contribution in [-0.2, 0) is 17.8 Å². The molecule has 20 heavy (non-hydrogen) atoms. The zero-order chi connectivity index (χ0) is 14.1. The number of aromatic amines is 1. The maximum absolute atomic E-state index is 12.1. The van der Waals surface area contributed by atoms with Crippen molar-refractivity contribution >= 4 is 16.8 Å². The van der Waals surface area contributed by atoms with Crippen LogP contribution in [-0.4, -0.2) is 34.7 Å². The third kappa shape index (κ3) is 2.42. The standard InChI is InChI=1S/C15H19N3O2/c1-9(19)7-17-15(20)13-6-11-10-4-2-3-5-12(10)18-14(11)8-16-13/h2-5,9,13,16,18-19H,6-8H2,1H3,(H,17,20)/t9?,13-/m1/s1. The van der Waals surface area contributed by atoms with Crippen LogP contribution in [0.3, 0.4) is 0 Å². The molecule has 3 rings (SSSR count). The van der Waals surface area contributed by atoms with Gasteiger partial charge in [-0.15, -0.1) is 0 Å². The monoisotopic (exact) mass is 273 g/mol. The molecule has 0 bridgehead atoms. The topological polar surface area (TPSA) is 77.2 Å². The number of carbonyl (C=O) groups is 1. The number of nitrogens with one attached hydrogen (secondary N) is 3. The van der Waals surface area contributed by atoms with Gasteiger partial charge < -0.3 is 15.4 Å². The van der Waals surface area contributed by atoms with Gasteiger partial charge in [0.1, 0.15) is 0 Å². The lowest BCUT2D eigenvalue weighted by molar-refractivity contribution is -0.123. The zero-order valence-electron chi connectivity index (χ0n) is 11.4. The second kappa shape index (κ2) is 5.26. The van der Waals surface area contributed by atoms with Gasteiger partial charge in [-0.25, -0.2) is 0 Å². The number of rotatable bonds is 3. The van der Waals surface area contributed by atoms with Gasteiger partial charge in [-0.2, -0.15) is 0 Å². The first-order valence-corrected chi connectivity index (χ1v) is 6.93. The number of aliphatic hydroxyl groups excluding tert-OH is 1. The summed E-state index contributed by atoms with van der Waals surface area (Å²) in [6, 6.07) is 7.92.